The van der Waals surface area contributed by atoms with Gasteiger partial charge in [0.05, 0.1) is 5.69 Å². The van der Waals surface area contributed by atoms with E-state index in [1.165, 1.54) is 11.3 Å². The van der Waals surface area contributed by atoms with Crippen molar-refractivity contribution in [3.05, 3.63) is 10.6 Å². The van der Waals surface area contributed by atoms with Crippen molar-refractivity contribution in [1.29, 1.82) is 0 Å². The van der Waals surface area contributed by atoms with Crippen molar-refractivity contribution in [2.24, 2.45) is 0 Å². The Kier molecular flexibility index (Phi) is 4.07. The molecule has 0 amide bonds. The molecule has 0 unspecified atom stereocenters. The molecule has 20 heavy (non-hydrogen) atoms. The molecule has 1 fully saturated rings. The van der Waals surface area contributed by atoms with Crippen LogP contribution in [0.1, 0.15) is 49.0 Å². The van der Waals surface area contributed by atoms with Gasteiger partial charge in [-0.2, -0.15) is 0 Å². The first-order valence-corrected chi connectivity index (χ1v) is 7.74. The lowest BCUT2D eigenvalue weighted by atomic mass is 10.0. The van der Waals surface area contributed by atoms with E-state index >= 15 is 0 Å². The fraction of sp³-hybridized carbons (Fsp3) is 0.714. The van der Waals surface area contributed by atoms with E-state index in [0.717, 1.165) is 24.8 Å². The smallest absolute Gasteiger partial charge is 0.347 e. The molecule has 5 nitrogen and oxygen atoms in total. The Balaban J connectivity index is 2.30. The molecule has 0 bridgehead atoms. The number of carboxylic acids is 1. The second-order valence-corrected chi connectivity index (χ2v) is 7.30. The van der Waals surface area contributed by atoms with E-state index in [1.807, 2.05) is 13.8 Å². The van der Waals surface area contributed by atoms with E-state index in [9.17, 15) is 9.90 Å². The van der Waals surface area contributed by atoms with Crippen LogP contribution in [0.4, 0.5) is 5.13 Å². The van der Waals surface area contributed by atoms with Crippen LogP contribution in [-0.4, -0.2) is 53.2 Å². The van der Waals surface area contributed by atoms with Crippen molar-refractivity contribution < 1.29 is 9.90 Å². The molecule has 6 heteroatoms. The quantitative estimate of drug-likeness (QED) is 0.929. The van der Waals surface area contributed by atoms with Crippen molar-refractivity contribution in [1.82, 2.24) is 9.88 Å². The van der Waals surface area contributed by atoms with Crippen molar-refractivity contribution in [2.45, 2.75) is 39.2 Å². The molecule has 1 aliphatic heterocycles. The van der Waals surface area contributed by atoms with Gasteiger partial charge in [0.15, 0.2) is 5.13 Å². The molecule has 2 rings (SSSR count). The topological polar surface area (TPSA) is 56.7 Å². The minimum Gasteiger partial charge on any atom is -0.477 e. The van der Waals surface area contributed by atoms with Gasteiger partial charge in [0.1, 0.15) is 4.88 Å². The Hall–Kier alpha value is -1.14. The number of carbonyl (C=O) groups is 1. The lowest BCUT2D eigenvalue weighted by Crippen LogP contribution is -2.57. The molecular weight excluding hydrogens is 274 g/mol. The summed E-state index contributed by atoms with van der Waals surface area (Å²) >= 11 is 1.30. The van der Waals surface area contributed by atoms with Crippen molar-refractivity contribution in [3.63, 3.8) is 0 Å². The molecule has 0 radical (unpaired) electrons. The predicted octanol–water partition coefficient (Wildman–Crippen LogP) is 2.50. The number of nitrogens with zero attached hydrogens (tertiary/aromatic N) is 3. The van der Waals surface area contributed by atoms with E-state index < -0.39 is 5.97 Å². The minimum atomic E-state index is -0.870. The van der Waals surface area contributed by atoms with Crippen LogP contribution in [-0.2, 0) is 0 Å². The van der Waals surface area contributed by atoms with Crippen LogP contribution in [0.2, 0.25) is 0 Å². The first-order chi connectivity index (χ1) is 9.22. The fourth-order valence-corrected chi connectivity index (χ4v) is 3.49. The third-order valence-corrected chi connectivity index (χ3v) is 5.09. The third kappa shape index (κ3) is 2.81. The predicted molar refractivity (Wildman–Crippen MR) is 82.1 cm³/mol. The highest BCUT2D eigenvalue weighted by atomic mass is 32.1. The number of anilines is 1. The average Bonchev–Trinajstić information content (AvgIpc) is 2.77. The molecule has 1 aromatic rings. The van der Waals surface area contributed by atoms with Crippen LogP contribution in [0.25, 0.3) is 0 Å². The van der Waals surface area contributed by atoms with Gasteiger partial charge in [0, 0.05) is 25.2 Å². The highest BCUT2D eigenvalue weighted by Crippen LogP contribution is 2.33. The molecule has 0 saturated carbocycles. The van der Waals surface area contributed by atoms with Gasteiger partial charge in [-0.15, -0.1) is 0 Å². The van der Waals surface area contributed by atoms with Gasteiger partial charge in [-0.25, -0.2) is 9.78 Å². The zero-order chi connectivity index (χ0) is 15.1. The zero-order valence-electron chi connectivity index (χ0n) is 12.8. The van der Waals surface area contributed by atoms with Gasteiger partial charge in [0.25, 0.3) is 0 Å². The zero-order valence-corrected chi connectivity index (χ0v) is 13.6. The van der Waals surface area contributed by atoms with E-state index in [-0.39, 0.29) is 11.5 Å². The largest absolute Gasteiger partial charge is 0.477 e. The highest BCUT2D eigenvalue weighted by molar-refractivity contribution is 7.17. The summed E-state index contributed by atoms with van der Waals surface area (Å²) in [5.74, 6) is -0.739. The molecular formula is C14H23N3O2S. The fourth-order valence-electron chi connectivity index (χ4n) is 2.40. The minimum absolute atomic E-state index is 0.0747. The first-order valence-electron chi connectivity index (χ1n) is 6.92. The number of aromatic carboxylic acids is 1. The van der Waals surface area contributed by atoms with E-state index in [1.54, 1.807) is 0 Å². The maximum atomic E-state index is 11.3. The summed E-state index contributed by atoms with van der Waals surface area (Å²) in [6.07, 6.45) is 0. The number of aromatic nitrogens is 1. The molecule has 112 valence electrons. The third-order valence-electron chi connectivity index (χ3n) is 3.97. The Morgan fingerprint density at radius 1 is 1.40 bits per heavy atom. The van der Waals surface area contributed by atoms with Gasteiger partial charge >= 0.3 is 5.97 Å². The Labute approximate surface area is 124 Å². The van der Waals surface area contributed by atoms with Gasteiger partial charge in [0.2, 0.25) is 0 Å². The number of carboxylic acid groups (broad SMARTS) is 1. The first kappa shape index (κ1) is 15.3. The monoisotopic (exact) mass is 297 g/mol. The number of likely N-dealkylation sites (N-methyl/N-ethyl adjacent to an activating group) is 1. The van der Waals surface area contributed by atoms with Crippen LogP contribution in [0, 0.1) is 0 Å². The van der Waals surface area contributed by atoms with E-state index in [0.29, 0.717) is 10.6 Å². The van der Waals surface area contributed by atoms with Crippen LogP contribution >= 0.6 is 11.3 Å². The summed E-state index contributed by atoms with van der Waals surface area (Å²) in [5, 5.41) is 10.2. The summed E-state index contributed by atoms with van der Waals surface area (Å²) in [7, 11) is 2.13. The standard InChI is InChI=1S/C14H23N3O2S/c1-9(2)10-11(12(18)19)20-13(15-10)17-7-6-16(5)14(3,4)8-17/h9H,6-8H2,1-5H3,(H,18,19). The summed E-state index contributed by atoms with van der Waals surface area (Å²) < 4.78 is 0. The maximum Gasteiger partial charge on any atom is 0.347 e. The molecule has 1 aliphatic rings. The molecule has 0 spiro atoms. The lowest BCUT2D eigenvalue weighted by molar-refractivity contribution is 0.0700. The normalized spacial score (nSPS) is 19.6. The second-order valence-electron chi connectivity index (χ2n) is 6.33. The number of rotatable bonds is 3. The van der Waals surface area contributed by atoms with Crippen molar-refractivity contribution >= 4 is 22.4 Å². The number of hydrogen-bond donors (Lipinski definition) is 1. The number of piperazine rings is 1. The van der Waals surface area contributed by atoms with E-state index in [4.69, 9.17) is 0 Å². The van der Waals surface area contributed by atoms with Gasteiger partial charge in [-0.3, -0.25) is 4.90 Å². The van der Waals surface area contributed by atoms with Crippen LogP contribution in [0.15, 0.2) is 0 Å². The van der Waals surface area contributed by atoms with Gasteiger partial charge < -0.3 is 10.0 Å². The molecule has 2 heterocycles. The second kappa shape index (κ2) is 5.33. The summed E-state index contributed by atoms with van der Waals surface area (Å²) in [6.45, 7) is 11.1. The van der Waals surface area contributed by atoms with E-state index in [2.05, 4.69) is 35.7 Å². The molecule has 0 atom stereocenters. The highest BCUT2D eigenvalue weighted by Gasteiger charge is 2.33. The average molecular weight is 297 g/mol. The Morgan fingerprint density at radius 3 is 2.50 bits per heavy atom. The molecule has 0 aliphatic carbocycles. The summed E-state index contributed by atoms with van der Waals surface area (Å²) in [5.41, 5.74) is 0.778. The van der Waals surface area contributed by atoms with Crippen molar-refractivity contribution in [2.75, 3.05) is 31.6 Å². The summed E-state index contributed by atoms with van der Waals surface area (Å²) in [6, 6.07) is 0. The number of hydrogen-bond acceptors (Lipinski definition) is 5. The molecule has 1 aromatic heterocycles. The number of thiazole rings is 1. The SMILES string of the molecule is CC(C)c1nc(N2CCN(C)C(C)(C)C2)sc1C(=O)O. The van der Waals surface area contributed by atoms with Crippen LogP contribution in [0.5, 0.6) is 0 Å². The Morgan fingerprint density at radius 2 is 2.05 bits per heavy atom. The van der Waals surface area contributed by atoms with Crippen LogP contribution < -0.4 is 4.90 Å². The molecule has 1 N–H and O–H groups in total. The van der Waals surface area contributed by atoms with Gasteiger partial charge in [-0.05, 0) is 26.8 Å². The maximum absolute atomic E-state index is 11.3. The lowest BCUT2D eigenvalue weighted by Gasteiger charge is -2.45. The molecule has 1 saturated heterocycles. The van der Waals surface area contributed by atoms with Crippen molar-refractivity contribution in [3.8, 4) is 0 Å². The van der Waals surface area contributed by atoms with Crippen LogP contribution in [0.3, 0.4) is 0 Å². The van der Waals surface area contributed by atoms with Gasteiger partial charge in [-0.1, -0.05) is 25.2 Å². The summed E-state index contributed by atoms with van der Waals surface area (Å²) in [4.78, 5) is 20.9. The Bertz CT molecular complexity index is 511. The molecule has 0 aromatic carbocycles.